The largest absolute Gasteiger partial charge is 0.351 e. The highest BCUT2D eigenvalue weighted by Gasteiger charge is 2.33. The lowest BCUT2D eigenvalue weighted by Crippen LogP contribution is -2.29. The smallest absolute Gasteiger partial charge is 0.296 e. The summed E-state index contributed by atoms with van der Waals surface area (Å²) in [7, 11) is 0. The number of amides is 1. The molecule has 98 valence electrons. The third kappa shape index (κ3) is 2.02. The van der Waals surface area contributed by atoms with Gasteiger partial charge in [0, 0.05) is 24.2 Å². The fourth-order valence-corrected chi connectivity index (χ4v) is 2.60. The molecule has 2 heterocycles. The Morgan fingerprint density at radius 1 is 1.42 bits per heavy atom. The van der Waals surface area contributed by atoms with Gasteiger partial charge < -0.3 is 15.2 Å². The Morgan fingerprint density at radius 3 is 3.00 bits per heavy atom. The third-order valence-electron chi connectivity index (χ3n) is 3.48. The van der Waals surface area contributed by atoms with Crippen LogP contribution >= 0.6 is 0 Å². The highest BCUT2D eigenvalue weighted by molar-refractivity contribution is 6.05. The fraction of sp³-hybridized carbons (Fsp3) is 0.286. The van der Waals surface area contributed by atoms with E-state index in [0.29, 0.717) is 19.0 Å². The molecule has 19 heavy (non-hydrogen) atoms. The van der Waals surface area contributed by atoms with E-state index in [-0.39, 0.29) is 11.7 Å². The van der Waals surface area contributed by atoms with Gasteiger partial charge in [0.2, 0.25) is 5.76 Å². The van der Waals surface area contributed by atoms with E-state index >= 15 is 0 Å². The predicted octanol–water partition coefficient (Wildman–Crippen LogP) is 1.77. The molecule has 1 aliphatic heterocycles. The van der Waals surface area contributed by atoms with Gasteiger partial charge in [0.05, 0.1) is 6.20 Å². The predicted molar refractivity (Wildman–Crippen MR) is 71.0 cm³/mol. The van der Waals surface area contributed by atoms with Crippen LogP contribution in [0.5, 0.6) is 0 Å². The zero-order valence-corrected chi connectivity index (χ0v) is 10.5. The average Bonchev–Trinajstić information content (AvgIpc) is 3.07. The fourth-order valence-electron chi connectivity index (χ4n) is 2.60. The quantitative estimate of drug-likeness (QED) is 0.909. The van der Waals surface area contributed by atoms with E-state index in [1.165, 1.54) is 11.8 Å². The maximum Gasteiger partial charge on any atom is 0.296 e. The van der Waals surface area contributed by atoms with Crippen LogP contribution in [0.15, 0.2) is 41.1 Å². The highest BCUT2D eigenvalue weighted by Crippen LogP contribution is 2.38. The van der Waals surface area contributed by atoms with Crippen molar-refractivity contribution in [2.24, 2.45) is 5.73 Å². The Bertz CT molecular complexity index is 580. The van der Waals surface area contributed by atoms with E-state index in [0.717, 1.165) is 12.1 Å². The lowest BCUT2D eigenvalue weighted by molar-refractivity contribution is 0.0952. The van der Waals surface area contributed by atoms with Crippen molar-refractivity contribution in [3.63, 3.8) is 0 Å². The van der Waals surface area contributed by atoms with Gasteiger partial charge in [0.15, 0.2) is 0 Å². The number of carbonyl (C=O) groups is 1. The molecule has 0 radical (unpaired) electrons. The molecule has 1 aromatic carbocycles. The van der Waals surface area contributed by atoms with Crippen LogP contribution in [-0.4, -0.2) is 24.2 Å². The van der Waals surface area contributed by atoms with Crippen LogP contribution in [0.3, 0.4) is 0 Å². The van der Waals surface area contributed by atoms with Crippen LogP contribution in [-0.2, 0) is 0 Å². The normalized spacial score (nSPS) is 17.5. The molecule has 2 N–H and O–H groups in total. The lowest BCUT2D eigenvalue weighted by Gasteiger charge is -2.15. The van der Waals surface area contributed by atoms with Crippen molar-refractivity contribution < 1.29 is 9.32 Å². The highest BCUT2D eigenvalue weighted by atomic mass is 16.5. The van der Waals surface area contributed by atoms with Gasteiger partial charge in [-0.3, -0.25) is 4.79 Å². The van der Waals surface area contributed by atoms with Crippen LogP contribution < -0.4 is 10.6 Å². The number of aromatic nitrogens is 1. The molecule has 5 nitrogen and oxygen atoms in total. The molecule has 1 aliphatic rings. The average molecular weight is 257 g/mol. The van der Waals surface area contributed by atoms with Crippen molar-refractivity contribution in [2.45, 2.75) is 12.3 Å². The van der Waals surface area contributed by atoms with Crippen molar-refractivity contribution in [3.8, 4) is 0 Å². The van der Waals surface area contributed by atoms with Gasteiger partial charge in [-0.05, 0) is 24.6 Å². The zero-order chi connectivity index (χ0) is 13.2. The second-order valence-corrected chi connectivity index (χ2v) is 4.63. The maximum atomic E-state index is 12.4. The van der Waals surface area contributed by atoms with E-state index in [2.05, 4.69) is 11.2 Å². The molecule has 0 bridgehead atoms. The number of nitrogens with two attached hydrogens (primary N) is 1. The molecule has 1 aromatic heterocycles. The minimum Gasteiger partial charge on any atom is -0.351 e. The summed E-state index contributed by atoms with van der Waals surface area (Å²) in [6, 6.07) is 9.53. The molecule has 0 aliphatic carbocycles. The molecule has 1 unspecified atom stereocenters. The molecule has 0 saturated heterocycles. The number of nitrogens with zero attached hydrogens (tertiary/aromatic N) is 2. The summed E-state index contributed by atoms with van der Waals surface area (Å²) < 4.78 is 4.95. The third-order valence-corrected chi connectivity index (χ3v) is 3.48. The number of rotatable bonds is 3. The van der Waals surface area contributed by atoms with Crippen LogP contribution in [0.4, 0.5) is 5.69 Å². The summed E-state index contributed by atoms with van der Waals surface area (Å²) in [5.74, 6) is 0.417. The van der Waals surface area contributed by atoms with Crippen LogP contribution in [0.1, 0.15) is 28.5 Å². The zero-order valence-electron chi connectivity index (χ0n) is 10.5. The van der Waals surface area contributed by atoms with Crippen molar-refractivity contribution in [1.82, 2.24) is 5.16 Å². The topological polar surface area (TPSA) is 72.4 Å². The molecule has 1 atom stereocenters. The molecular formula is C14H15N3O2. The maximum absolute atomic E-state index is 12.4. The number of benzene rings is 1. The number of para-hydroxylation sites is 1. The van der Waals surface area contributed by atoms with Crippen LogP contribution in [0.2, 0.25) is 0 Å². The van der Waals surface area contributed by atoms with Crippen molar-refractivity contribution in [3.05, 3.63) is 47.9 Å². The van der Waals surface area contributed by atoms with Gasteiger partial charge in [0.25, 0.3) is 5.91 Å². The van der Waals surface area contributed by atoms with E-state index in [1.54, 1.807) is 11.0 Å². The molecule has 0 saturated carbocycles. The first kappa shape index (κ1) is 11.9. The standard InChI is InChI=1S/C14H15N3O2/c15-7-5-10-9-17(12-4-2-1-3-11(10)12)14(18)13-6-8-16-19-13/h1-4,6,8,10H,5,7,9,15H2. The summed E-state index contributed by atoms with van der Waals surface area (Å²) in [6.45, 7) is 1.26. The minimum absolute atomic E-state index is 0.149. The number of fused-ring (bicyclic) bond motifs is 1. The Hall–Kier alpha value is -2.14. The summed E-state index contributed by atoms with van der Waals surface area (Å²) >= 11 is 0. The van der Waals surface area contributed by atoms with E-state index < -0.39 is 0 Å². The van der Waals surface area contributed by atoms with E-state index in [4.69, 9.17) is 10.3 Å². The number of hydrogen-bond acceptors (Lipinski definition) is 4. The molecule has 3 rings (SSSR count). The lowest BCUT2D eigenvalue weighted by atomic mass is 9.98. The second kappa shape index (κ2) is 4.85. The Labute approximate surface area is 111 Å². The summed E-state index contributed by atoms with van der Waals surface area (Å²) in [4.78, 5) is 14.1. The molecule has 0 fully saturated rings. The molecule has 0 spiro atoms. The SMILES string of the molecule is NCCC1CN(C(=O)c2ccno2)c2ccccc21. The van der Waals surface area contributed by atoms with Gasteiger partial charge in [0.1, 0.15) is 0 Å². The van der Waals surface area contributed by atoms with E-state index in [1.807, 2.05) is 18.2 Å². The van der Waals surface area contributed by atoms with Crippen molar-refractivity contribution in [2.75, 3.05) is 18.0 Å². The Kier molecular flexibility index (Phi) is 3.05. The molecule has 2 aromatic rings. The number of hydrogen-bond donors (Lipinski definition) is 1. The molecule has 5 heteroatoms. The first-order valence-electron chi connectivity index (χ1n) is 6.33. The van der Waals surface area contributed by atoms with Gasteiger partial charge in [-0.25, -0.2) is 0 Å². The minimum atomic E-state index is -0.149. The molecule has 1 amide bonds. The summed E-state index contributed by atoms with van der Waals surface area (Å²) in [5.41, 5.74) is 7.78. The molecular weight excluding hydrogens is 242 g/mol. The Balaban J connectivity index is 1.94. The van der Waals surface area contributed by atoms with Gasteiger partial charge in [-0.1, -0.05) is 23.4 Å². The van der Waals surface area contributed by atoms with Crippen LogP contribution in [0, 0.1) is 0 Å². The van der Waals surface area contributed by atoms with Gasteiger partial charge >= 0.3 is 0 Å². The Morgan fingerprint density at radius 2 is 2.26 bits per heavy atom. The number of carbonyl (C=O) groups excluding carboxylic acids is 1. The van der Waals surface area contributed by atoms with Gasteiger partial charge in [-0.15, -0.1) is 0 Å². The monoisotopic (exact) mass is 257 g/mol. The van der Waals surface area contributed by atoms with Crippen molar-refractivity contribution >= 4 is 11.6 Å². The van der Waals surface area contributed by atoms with Gasteiger partial charge in [-0.2, -0.15) is 0 Å². The van der Waals surface area contributed by atoms with E-state index in [9.17, 15) is 4.79 Å². The first-order chi connectivity index (χ1) is 9.31. The second-order valence-electron chi connectivity index (χ2n) is 4.63. The summed E-state index contributed by atoms with van der Waals surface area (Å²) in [5, 5.41) is 3.58. The number of anilines is 1. The summed E-state index contributed by atoms with van der Waals surface area (Å²) in [6.07, 6.45) is 2.35. The first-order valence-corrected chi connectivity index (χ1v) is 6.33. The van der Waals surface area contributed by atoms with Crippen molar-refractivity contribution in [1.29, 1.82) is 0 Å². The van der Waals surface area contributed by atoms with Crippen LogP contribution in [0.25, 0.3) is 0 Å².